The standard InChI is InChI=1S/C24H27N5O3/c1-16-5-2-3-6-17(16)15-27-9-4-10-28(12-11-27)23(31)18-13-20-21(25-14-18)29(19-7-8-19)24(32)26-22(20)30/h2-3,5-6,13-14,19H,4,7-12,15H2,1H3,(H,26,30,32). The molecule has 1 aliphatic heterocycles. The average Bonchev–Trinajstić information content (AvgIpc) is 3.63. The number of rotatable bonds is 4. The highest BCUT2D eigenvalue weighted by Crippen LogP contribution is 2.34. The van der Waals surface area contributed by atoms with E-state index in [1.165, 1.54) is 17.3 Å². The first-order valence-electron chi connectivity index (χ1n) is 11.2. The van der Waals surface area contributed by atoms with Crippen LogP contribution in [0, 0.1) is 6.92 Å². The molecule has 1 aromatic carbocycles. The minimum atomic E-state index is -0.496. The van der Waals surface area contributed by atoms with E-state index in [0.717, 1.165) is 38.9 Å². The highest BCUT2D eigenvalue weighted by atomic mass is 16.2. The molecule has 5 rings (SSSR count). The van der Waals surface area contributed by atoms with Crippen LogP contribution in [0.2, 0.25) is 0 Å². The van der Waals surface area contributed by atoms with E-state index in [9.17, 15) is 14.4 Å². The van der Waals surface area contributed by atoms with Crippen molar-refractivity contribution in [1.29, 1.82) is 0 Å². The van der Waals surface area contributed by atoms with Gasteiger partial charge in [-0.15, -0.1) is 0 Å². The predicted octanol–water partition coefficient (Wildman–Crippen LogP) is 2.08. The largest absolute Gasteiger partial charge is 0.337 e. The monoisotopic (exact) mass is 433 g/mol. The van der Waals surface area contributed by atoms with Gasteiger partial charge in [-0.2, -0.15) is 0 Å². The summed E-state index contributed by atoms with van der Waals surface area (Å²) in [5.41, 5.74) is 2.41. The van der Waals surface area contributed by atoms with Gasteiger partial charge in [-0.25, -0.2) is 9.78 Å². The van der Waals surface area contributed by atoms with E-state index in [4.69, 9.17) is 0 Å². The number of H-pyrrole nitrogens is 1. The number of nitrogens with zero attached hydrogens (tertiary/aromatic N) is 4. The molecule has 32 heavy (non-hydrogen) atoms. The molecule has 0 atom stereocenters. The van der Waals surface area contributed by atoms with Gasteiger partial charge in [0.25, 0.3) is 11.5 Å². The van der Waals surface area contributed by atoms with Crippen LogP contribution in [0.25, 0.3) is 11.0 Å². The van der Waals surface area contributed by atoms with Crippen molar-refractivity contribution < 1.29 is 4.79 Å². The van der Waals surface area contributed by atoms with Crippen molar-refractivity contribution in [3.05, 3.63) is 74.1 Å². The maximum absolute atomic E-state index is 13.2. The Morgan fingerprint density at radius 3 is 2.72 bits per heavy atom. The lowest BCUT2D eigenvalue weighted by molar-refractivity contribution is 0.0761. The summed E-state index contributed by atoms with van der Waals surface area (Å²) >= 11 is 0. The number of carbonyl (C=O) groups is 1. The number of hydrogen-bond donors (Lipinski definition) is 1. The number of pyridine rings is 1. The number of fused-ring (bicyclic) bond motifs is 1. The van der Waals surface area contributed by atoms with Gasteiger partial charge in [0.1, 0.15) is 5.65 Å². The summed E-state index contributed by atoms with van der Waals surface area (Å²) < 4.78 is 1.54. The Morgan fingerprint density at radius 1 is 1.12 bits per heavy atom. The molecule has 1 N–H and O–H groups in total. The summed E-state index contributed by atoms with van der Waals surface area (Å²) in [6, 6.07) is 10.1. The highest BCUT2D eigenvalue weighted by Gasteiger charge is 2.28. The topological polar surface area (TPSA) is 91.3 Å². The third-order valence-electron chi connectivity index (χ3n) is 6.47. The lowest BCUT2D eigenvalue weighted by Gasteiger charge is -2.22. The van der Waals surface area contributed by atoms with Gasteiger partial charge in [-0.05, 0) is 43.4 Å². The second kappa shape index (κ2) is 8.35. The van der Waals surface area contributed by atoms with E-state index in [1.54, 1.807) is 10.6 Å². The fraction of sp³-hybridized carbons (Fsp3) is 0.417. The van der Waals surface area contributed by atoms with Crippen molar-refractivity contribution in [2.45, 2.75) is 38.8 Å². The Bertz CT molecular complexity index is 1290. The van der Waals surface area contributed by atoms with E-state index in [0.29, 0.717) is 29.7 Å². The van der Waals surface area contributed by atoms with Gasteiger partial charge < -0.3 is 4.90 Å². The molecule has 3 heterocycles. The summed E-state index contributed by atoms with van der Waals surface area (Å²) in [6.45, 7) is 6.02. The van der Waals surface area contributed by atoms with Gasteiger partial charge in [-0.1, -0.05) is 24.3 Å². The zero-order chi connectivity index (χ0) is 22.2. The zero-order valence-corrected chi connectivity index (χ0v) is 18.2. The van der Waals surface area contributed by atoms with E-state index in [1.807, 2.05) is 11.0 Å². The van der Waals surface area contributed by atoms with Crippen LogP contribution in [-0.4, -0.2) is 56.4 Å². The van der Waals surface area contributed by atoms with Gasteiger partial charge in [0.05, 0.1) is 10.9 Å². The van der Waals surface area contributed by atoms with Crippen LogP contribution >= 0.6 is 0 Å². The molecule has 166 valence electrons. The summed E-state index contributed by atoms with van der Waals surface area (Å²) in [6.07, 6.45) is 4.19. The first-order chi connectivity index (χ1) is 15.5. The lowest BCUT2D eigenvalue weighted by atomic mass is 10.1. The van der Waals surface area contributed by atoms with Crippen LogP contribution in [0.5, 0.6) is 0 Å². The third-order valence-corrected chi connectivity index (χ3v) is 6.47. The molecule has 2 aromatic heterocycles. The Balaban J connectivity index is 1.34. The van der Waals surface area contributed by atoms with E-state index in [-0.39, 0.29) is 11.9 Å². The van der Waals surface area contributed by atoms with Crippen molar-refractivity contribution in [3.8, 4) is 0 Å². The molecule has 1 aliphatic carbocycles. The van der Waals surface area contributed by atoms with Crippen molar-refractivity contribution in [2.24, 2.45) is 0 Å². The second-order valence-electron chi connectivity index (χ2n) is 8.80. The molecule has 0 spiro atoms. The Labute approximate surface area is 185 Å². The first kappa shape index (κ1) is 20.6. The van der Waals surface area contributed by atoms with E-state index < -0.39 is 11.2 Å². The van der Waals surface area contributed by atoms with Crippen molar-refractivity contribution >= 4 is 16.9 Å². The van der Waals surface area contributed by atoms with Gasteiger partial charge in [0.15, 0.2) is 0 Å². The third kappa shape index (κ3) is 3.98. The first-order valence-corrected chi connectivity index (χ1v) is 11.2. The fourth-order valence-corrected chi connectivity index (χ4v) is 4.47. The molecule has 2 aliphatic rings. The number of aryl methyl sites for hydroxylation is 1. The molecule has 1 saturated carbocycles. The van der Waals surface area contributed by atoms with Crippen LogP contribution in [0.1, 0.15) is 46.8 Å². The number of hydrogen-bond acceptors (Lipinski definition) is 5. The number of benzene rings is 1. The van der Waals surface area contributed by atoms with E-state index in [2.05, 4.69) is 40.0 Å². The average molecular weight is 434 g/mol. The number of aromatic nitrogens is 3. The molecular formula is C24H27N5O3. The SMILES string of the molecule is Cc1ccccc1CN1CCCN(C(=O)c2cnc3c(c2)c(=O)[nH]c(=O)n3C2CC2)CC1. The van der Waals surface area contributed by atoms with Gasteiger partial charge in [0.2, 0.25) is 0 Å². The van der Waals surface area contributed by atoms with Crippen LogP contribution in [0.4, 0.5) is 0 Å². The molecule has 1 amide bonds. The Kier molecular flexibility index (Phi) is 5.38. The number of nitrogens with one attached hydrogen (secondary N) is 1. The number of amides is 1. The molecule has 0 unspecified atom stereocenters. The minimum Gasteiger partial charge on any atom is -0.337 e. The van der Waals surface area contributed by atoms with Crippen LogP contribution in [0.15, 0.2) is 46.1 Å². The molecule has 0 radical (unpaired) electrons. The second-order valence-corrected chi connectivity index (χ2v) is 8.80. The maximum Gasteiger partial charge on any atom is 0.330 e. The van der Waals surface area contributed by atoms with Crippen LogP contribution in [0.3, 0.4) is 0 Å². The smallest absolute Gasteiger partial charge is 0.330 e. The molecule has 0 bridgehead atoms. The molecule has 8 nitrogen and oxygen atoms in total. The molecular weight excluding hydrogens is 406 g/mol. The summed E-state index contributed by atoms with van der Waals surface area (Å²) in [5.74, 6) is -0.124. The van der Waals surface area contributed by atoms with Crippen LogP contribution in [-0.2, 0) is 6.54 Å². The van der Waals surface area contributed by atoms with Gasteiger partial charge in [-0.3, -0.25) is 24.0 Å². The summed E-state index contributed by atoms with van der Waals surface area (Å²) in [5, 5.41) is 0.290. The zero-order valence-electron chi connectivity index (χ0n) is 18.2. The molecule has 8 heteroatoms. The number of carbonyl (C=O) groups excluding carboxylic acids is 1. The highest BCUT2D eigenvalue weighted by molar-refractivity contribution is 5.96. The van der Waals surface area contributed by atoms with Crippen molar-refractivity contribution in [1.82, 2.24) is 24.3 Å². The number of aromatic amines is 1. The molecule has 2 fully saturated rings. The van der Waals surface area contributed by atoms with Crippen LogP contribution < -0.4 is 11.2 Å². The van der Waals surface area contributed by atoms with E-state index >= 15 is 0 Å². The minimum absolute atomic E-state index is 0.0840. The maximum atomic E-state index is 13.2. The predicted molar refractivity (Wildman–Crippen MR) is 122 cm³/mol. The van der Waals surface area contributed by atoms with Gasteiger partial charge >= 0.3 is 5.69 Å². The lowest BCUT2D eigenvalue weighted by Crippen LogP contribution is -2.35. The Morgan fingerprint density at radius 2 is 1.94 bits per heavy atom. The Hall–Kier alpha value is -3.26. The molecule has 3 aromatic rings. The summed E-state index contributed by atoms with van der Waals surface area (Å²) in [7, 11) is 0. The molecule has 1 saturated heterocycles. The van der Waals surface area contributed by atoms with Gasteiger partial charge in [0, 0.05) is 45.0 Å². The quantitative estimate of drug-likeness (QED) is 0.680. The van der Waals surface area contributed by atoms with Crippen molar-refractivity contribution in [3.63, 3.8) is 0 Å². The normalized spacial score (nSPS) is 17.5. The fourth-order valence-electron chi connectivity index (χ4n) is 4.47. The van der Waals surface area contributed by atoms with Crippen molar-refractivity contribution in [2.75, 3.05) is 26.2 Å². The summed E-state index contributed by atoms with van der Waals surface area (Å²) in [4.78, 5) is 48.8.